The fourth-order valence-electron chi connectivity index (χ4n) is 3.32. The highest BCUT2D eigenvalue weighted by molar-refractivity contribution is 5.97. The summed E-state index contributed by atoms with van der Waals surface area (Å²) < 4.78 is 78.2. The summed E-state index contributed by atoms with van der Waals surface area (Å²) in [6, 6.07) is 1.88. The number of rotatable bonds is 4. The fourth-order valence-corrected chi connectivity index (χ4v) is 3.32. The maximum atomic E-state index is 13.3. The molecule has 0 unspecified atom stereocenters. The van der Waals surface area contributed by atoms with Crippen LogP contribution < -0.4 is 0 Å². The first kappa shape index (κ1) is 22.5. The minimum atomic E-state index is -4.83. The Bertz CT molecular complexity index is 738. The summed E-state index contributed by atoms with van der Waals surface area (Å²) in [5.41, 5.74) is -0.587. The van der Waals surface area contributed by atoms with Crippen LogP contribution >= 0.6 is 0 Å². The van der Waals surface area contributed by atoms with Crippen LogP contribution in [0.2, 0.25) is 0 Å². The Morgan fingerprint density at radius 1 is 1.07 bits per heavy atom. The van der Waals surface area contributed by atoms with Crippen LogP contribution in [0.15, 0.2) is 34.8 Å². The average Bonchev–Trinajstić information content (AvgIpc) is 2.61. The van der Waals surface area contributed by atoms with Crippen molar-refractivity contribution in [3.63, 3.8) is 0 Å². The molecule has 0 radical (unpaired) electrons. The van der Waals surface area contributed by atoms with Gasteiger partial charge in [0.25, 0.3) is 0 Å². The van der Waals surface area contributed by atoms with Crippen LogP contribution in [0.5, 0.6) is 0 Å². The van der Waals surface area contributed by atoms with Gasteiger partial charge in [0.15, 0.2) is 0 Å². The van der Waals surface area contributed by atoms with E-state index in [4.69, 9.17) is 0 Å². The zero-order valence-corrected chi connectivity index (χ0v) is 16.1. The van der Waals surface area contributed by atoms with Gasteiger partial charge in [-0.05, 0) is 69.0 Å². The summed E-state index contributed by atoms with van der Waals surface area (Å²) in [7, 11) is 1.72. The quantitative estimate of drug-likeness (QED) is 0.444. The van der Waals surface area contributed by atoms with Crippen molar-refractivity contribution in [1.82, 2.24) is 4.90 Å². The third-order valence-corrected chi connectivity index (χ3v) is 5.16. The summed E-state index contributed by atoms with van der Waals surface area (Å²) in [5.74, 6) is 0.322. The Hall–Kier alpha value is -1.83. The molecule has 1 saturated heterocycles. The number of alkyl halides is 6. The molecule has 0 aliphatic carbocycles. The number of halogens is 6. The van der Waals surface area contributed by atoms with Crippen molar-refractivity contribution in [3.05, 3.63) is 46.5 Å². The van der Waals surface area contributed by atoms with Gasteiger partial charge in [0.05, 0.1) is 11.1 Å². The third-order valence-electron chi connectivity index (χ3n) is 5.16. The SMILES string of the molecule is CN=C(C)/C(C)=C/C1CCN(Cc2ccc(C(F)(F)F)cc2C(F)(F)F)CC1. The standard InChI is InChI=1S/C20H24F6N2/c1-13(14(2)27-3)10-15-6-8-28(9-7-15)12-16-4-5-17(19(21,22)23)11-18(16)20(24,25)26/h4-5,10-11,15H,6-9,12H2,1-3H3/b13-10+,27-14?. The normalized spacial score (nSPS) is 18.6. The largest absolute Gasteiger partial charge is 0.416 e. The van der Waals surface area contributed by atoms with Crippen LogP contribution in [0.25, 0.3) is 0 Å². The fraction of sp³-hybridized carbons (Fsp3) is 0.550. The Morgan fingerprint density at radius 2 is 1.68 bits per heavy atom. The van der Waals surface area contributed by atoms with Gasteiger partial charge in [-0.25, -0.2) is 0 Å². The highest BCUT2D eigenvalue weighted by Crippen LogP contribution is 2.38. The van der Waals surface area contributed by atoms with Gasteiger partial charge < -0.3 is 0 Å². The molecule has 28 heavy (non-hydrogen) atoms. The Labute approximate surface area is 160 Å². The van der Waals surface area contributed by atoms with Gasteiger partial charge in [-0.3, -0.25) is 9.89 Å². The van der Waals surface area contributed by atoms with Crippen molar-refractivity contribution in [2.75, 3.05) is 20.1 Å². The molecule has 1 aliphatic rings. The molecule has 0 amide bonds. The summed E-state index contributed by atoms with van der Waals surface area (Å²) >= 11 is 0. The topological polar surface area (TPSA) is 15.6 Å². The first-order chi connectivity index (χ1) is 12.9. The first-order valence-electron chi connectivity index (χ1n) is 9.03. The van der Waals surface area contributed by atoms with Crippen molar-refractivity contribution >= 4 is 5.71 Å². The Morgan fingerprint density at radius 3 is 2.18 bits per heavy atom. The molecule has 0 N–H and O–H groups in total. The molecule has 156 valence electrons. The molecule has 1 heterocycles. The van der Waals surface area contributed by atoms with Crippen LogP contribution in [-0.4, -0.2) is 30.7 Å². The van der Waals surface area contributed by atoms with E-state index in [2.05, 4.69) is 11.1 Å². The van der Waals surface area contributed by atoms with Gasteiger partial charge >= 0.3 is 12.4 Å². The smallest absolute Gasteiger partial charge is 0.299 e. The lowest BCUT2D eigenvalue weighted by molar-refractivity contribution is -0.143. The van der Waals surface area contributed by atoms with E-state index in [0.717, 1.165) is 36.3 Å². The third kappa shape index (κ3) is 5.83. The average molecular weight is 406 g/mol. The molecular formula is C20H24F6N2. The van der Waals surface area contributed by atoms with Crippen molar-refractivity contribution in [1.29, 1.82) is 0 Å². The van der Waals surface area contributed by atoms with Gasteiger partial charge in [-0.1, -0.05) is 12.1 Å². The molecule has 0 atom stereocenters. The van der Waals surface area contributed by atoms with Crippen LogP contribution in [0, 0.1) is 5.92 Å². The van der Waals surface area contributed by atoms with Crippen LogP contribution in [0.1, 0.15) is 43.4 Å². The minimum Gasteiger partial charge on any atom is -0.299 e. The Balaban J connectivity index is 2.11. The van der Waals surface area contributed by atoms with E-state index in [9.17, 15) is 26.3 Å². The Kier molecular flexibility index (Phi) is 6.96. The minimum absolute atomic E-state index is 0.0160. The molecule has 1 aliphatic heterocycles. The summed E-state index contributed by atoms with van der Waals surface area (Å²) in [4.78, 5) is 5.99. The van der Waals surface area contributed by atoms with Crippen molar-refractivity contribution in [2.45, 2.75) is 45.6 Å². The maximum absolute atomic E-state index is 13.3. The highest BCUT2D eigenvalue weighted by atomic mass is 19.4. The summed E-state index contributed by atoms with van der Waals surface area (Å²) in [6.07, 6.45) is -5.92. The number of benzene rings is 1. The molecule has 1 fully saturated rings. The summed E-state index contributed by atoms with van der Waals surface area (Å²) in [5, 5.41) is 0. The number of hydrogen-bond acceptors (Lipinski definition) is 2. The van der Waals surface area contributed by atoms with Crippen molar-refractivity contribution < 1.29 is 26.3 Å². The lowest BCUT2D eigenvalue weighted by Gasteiger charge is -2.31. The van der Waals surface area contributed by atoms with Gasteiger partial charge in [0, 0.05) is 19.3 Å². The van der Waals surface area contributed by atoms with Gasteiger partial charge in [-0.2, -0.15) is 26.3 Å². The van der Waals surface area contributed by atoms with Crippen LogP contribution in [0.4, 0.5) is 26.3 Å². The molecule has 2 rings (SSSR count). The number of aliphatic imine (C=N–C) groups is 1. The molecule has 2 nitrogen and oxygen atoms in total. The van der Waals surface area contributed by atoms with E-state index in [0.29, 0.717) is 19.0 Å². The van der Waals surface area contributed by atoms with E-state index >= 15 is 0 Å². The molecule has 0 aromatic heterocycles. The van der Waals surface area contributed by atoms with Crippen LogP contribution in [0.3, 0.4) is 0 Å². The van der Waals surface area contributed by atoms with E-state index in [-0.39, 0.29) is 18.2 Å². The number of likely N-dealkylation sites (tertiary alicyclic amines) is 1. The van der Waals surface area contributed by atoms with Gasteiger partial charge in [0.1, 0.15) is 0 Å². The highest BCUT2D eigenvalue weighted by Gasteiger charge is 2.38. The molecular weight excluding hydrogens is 382 g/mol. The molecule has 1 aromatic rings. The molecule has 0 saturated carbocycles. The lowest BCUT2D eigenvalue weighted by atomic mass is 9.93. The molecule has 8 heteroatoms. The predicted molar refractivity (Wildman–Crippen MR) is 97.2 cm³/mol. The zero-order valence-electron chi connectivity index (χ0n) is 16.1. The molecule has 0 bridgehead atoms. The number of nitrogens with zero attached hydrogens (tertiary/aromatic N) is 2. The number of allylic oxidation sites excluding steroid dienone is 2. The number of piperidine rings is 1. The van der Waals surface area contributed by atoms with E-state index in [1.807, 2.05) is 18.7 Å². The second-order valence-corrected chi connectivity index (χ2v) is 7.14. The van der Waals surface area contributed by atoms with Gasteiger partial charge in [-0.15, -0.1) is 0 Å². The first-order valence-corrected chi connectivity index (χ1v) is 9.03. The van der Waals surface area contributed by atoms with Crippen molar-refractivity contribution in [3.8, 4) is 0 Å². The monoisotopic (exact) mass is 406 g/mol. The predicted octanol–water partition coefficient (Wildman–Crippen LogP) is 5.97. The van der Waals surface area contributed by atoms with E-state index in [1.165, 1.54) is 0 Å². The van der Waals surface area contributed by atoms with E-state index < -0.39 is 23.5 Å². The van der Waals surface area contributed by atoms with Gasteiger partial charge in [0.2, 0.25) is 0 Å². The van der Waals surface area contributed by atoms with E-state index in [1.54, 1.807) is 7.05 Å². The maximum Gasteiger partial charge on any atom is 0.416 e. The second kappa shape index (κ2) is 8.68. The molecule has 0 spiro atoms. The zero-order chi connectivity index (χ0) is 21.1. The second-order valence-electron chi connectivity index (χ2n) is 7.14. The summed E-state index contributed by atoms with van der Waals surface area (Å²) in [6.45, 7) is 5.07. The van der Waals surface area contributed by atoms with Crippen LogP contribution in [-0.2, 0) is 18.9 Å². The lowest BCUT2D eigenvalue weighted by Crippen LogP contribution is -2.33. The van der Waals surface area contributed by atoms with Crippen molar-refractivity contribution in [2.24, 2.45) is 10.9 Å². The molecule has 1 aromatic carbocycles. The number of hydrogen-bond donors (Lipinski definition) is 0.